The van der Waals surface area contributed by atoms with E-state index in [0.29, 0.717) is 54.6 Å². The van der Waals surface area contributed by atoms with Gasteiger partial charge in [0.05, 0.1) is 23.5 Å². The summed E-state index contributed by atoms with van der Waals surface area (Å²) in [5, 5.41) is 12.2. The van der Waals surface area contributed by atoms with E-state index in [2.05, 4.69) is 30.5 Å². The summed E-state index contributed by atoms with van der Waals surface area (Å²) in [6, 6.07) is 0. The number of H-pyrrole nitrogens is 1. The molecule has 34 heavy (non-hydrogen) atoms. The summed E-state index contributed by atoms with van der Waals surface area (Å²) < 4.78 is 0. The number of carbonyl (C=O) groups is 3. The number of fused-ring (bicyclic) bond motifs is 3. The molecule has 0 aromatic carbocycles. The first kappa shape index (κ1) is 22.1. The third-order valence-corrected chi connectivity index (χ3v) is 7.00. The normalized spacial score (nSPS) is 16.6. The van der Waals surface area contributed by atoms with Gasteiger partial charge in [0.2, 0.25) is 11.9 Å². The van der Waals surface area contributed by atoms with Crippen LogP contribution in [0.15, 0.2) is 11.6 Å². The minimum Gasteiger partial charge on any atom is -0.368 e. The van der Waals surface area contributed by atoms with E-state index in [-0.39, 0.29) is 35.2 Å². The molecule has 2 aliphatic rings. The number of aromatic amines is 1. The second kappa shape index (κ2) is 8.28. The lowest BCUT2D eigenvalue weighted by Crippen LogP contribution is -2.39. The lowest BCUT2D eigenvalue weighted by atomic mass is 9.73. The predicted octanol–water partition coefficient (Wildman–Crippen LogP) is 1.73. The molecule has 1 aliphatic carbocycles. The Morgan fingerprint density at radius 2 is 2.03 bits per heavy atom. The SMILES string of the molecule is CC1(C)Cc2cnc(N)nc2-c2[nH]nc(C(=O)Nc3nc(CC(=O)N4CCC(=O)CC4)cs3)c21. The molecular weight excluding hydrogens is 456 g/mol. The van der Waals surface area contributed by atoms with Crippen LogP contribution in [0.2, 0.25) is 0 Å². The predicted molar refractivity (Wildman–Crippen MR) is 125 cm³/mol. The zero-order valence-electron chi connectivity index (χ0n) is 18.8. The first-order valence-corrected chi connectivity index (χ1v) is 11.8. The van der Waals surface area contributed by atoms with Crippen LogP contribution in [0.3, 0.4) is 0 Å². The molecule has 3 aromatic rings. The summed E-state index contributed by atoms with van der Waals surface area (Å²) in [7, 11) is 0. The van der Waals surface area contributed by atoms with Crippen LogP contribution in [0, 0.1) is 0 Å². The quantitative estimate of drug-likeness (QED) is 0.509. The molecule has 0 bridgehead atoms. The minimum absolute atomic E-state index is 0.0706. The average molecular weight is 481 g/mol. The lowest BCUT2D eigenvalue weighted by molar-refractivity contribution is -0.133. The highest BCUT2D eigenvalue weighted by atomic mass is 32.1. The number of carbonyl (C=O) groups excluding carboxylic acids is 3. The maximum absolute atomic E-state index is 13.1. The Kier molecular flexibility index (Phi) is 5.39. The standard InChI is InChI=1S/C22H24N8O3S/c1-22(2)8-11-9-24-20(23)26-16(11)17-15(22)18(29-28-17)19(33)27-21-25-12(10-34-21)7-14(32)30-5-3-13(31)4-6-30/h9-10H,3-8H2,1-2H3,(H,28,29)(H2,23,24,26)(H,25,27,33). The number of Topliss-reactive ketones (excluding diaryl/α,β-unsaturated/α-hetero) is 1. The van der Waals surface area contributed by atoms with Crippen LogP contribution < -0.4 is 11.1 Å². The number of hydrogen-bond acceptors (Lipinski definition) is 9. The second-order valence-corrected chi connectivity index (χ2v) is 10.0. The van der Waals surface area contributed by atoms with Gasteiger partial charge in [0.1, 0.15) is 5.78 Å². The van der Waals surface area contributed by atoms with E-state index in [9.17, 15) is 14.4 Å². The third-order valence-electron chi connectivity index (χ3n) is 6.19. The van der Waals surface area contributed by atoms with Crippen LogP contribution >= 0.6 is 11.3 Å². The van der Waals surface area contributed by atoms with Gasteiger partial charge in [0, 0.05) is 43.1 Å². The molecule has 12 heteroatoms. The zero-order valence-corrected chi connectivity index (χ0v) is 19.7. The summed E-state index contributed by atoms with van der Waals surface area (Å²) in [5.41, 5.74) is 9.28. The fraction of sp³-hybridized carbons (Fsp3) is 0.409. The van der Waals surface area contributed by atoms with Crippen LogP contribution in [0.1, 0.15) is 54.0 Å². The number of nitrogens with one attached hydrogen (secondary N) is 2. The molecule has 0 spiro atoms. The maximum atomic E-state index is 13.1. The molecule has 4 heterocycles. The molecule has 1 fully saturated rings. The zero-order chi connectivity index (χ0) is 24.0. The minimum atomic E-state index is -0.391. The van der Waals surface area contributed by atoms with Gasteiger partial charge in [-0.3, -0.25) is 24.8 Å². The Labute approximate surface area is 199 Å². The molecule has 4 N–H and O–H groups in total. The fourth-order valence-electron chi connectivity index (χ4n) is 4.54. The van der Waals surface area contributed by atoms with Crippen molar-refractivity contribution in [2.45, 2.75) is 44.9 Å². The first-order valence-electron chi connectivity index (χ1n) is 11.0. The van der Waals surface area contributed by atoms with Crippen molar-refractivity contribution in [1.29, 1.82) is 0 Å². The molecular formula is C22H24N8O3S. The number of likely N-dealkylation sites (tertiary alicyclic amines) is 1. The highest BCUT2D eigenvalue weighted by Crippen LogP contribution is 2.42. The molecule has 0 radical (unpaired) electrons. The number of nitrogen functional groups attached to an aromatic ring is 1. The molecule has 176 valence electrons. The van der Waals surface area contributed by atoms with Gasteiger partial charge < -0.3 is 10.6 Å². The molecule has 1 aliphatic heterocycles. The summed E-state index contributed by atoms with van der Waals surface area (Å²) >= 11 is 1.25. The van der Waals surface area contributed by atoms with E-state index in [0.717, 1.165) is 11.1 Å². The van der Waals surface area contributed by atoms with Gasteiger partial charge in [-0.15, -0.1) is 11.3 Å². The Hall–Kier alpha value is -3.67. The van der Waals surface area contributed by atoms with Crippen molar-refractivity contribution in [1.82, 2.24) is 30.0 Å². The number of nitrogens with two attached hydrogens (primary N) is 1. The van der Waals surface area contributed by atoms with Gasteiger partial charge in [0.15, 0.2) is 10.8 Å². The largest absolute Gasteiger partial charge is 0.368 e. The number of amides is 2. The topological polar surface area (TPSA) is 160 Å². The Balaban J connectivity index is 1.32. The van der Waals surface area contributed by atoms with Gasteiger partial charge >= 0.3 is 0 Å². The Morgan fingerprint density at radius 1 is 1.26 bits per heavy atom. The van der Waals surface area contributed by atoms with E-state index < -0.39 is 5.91 Å². The maximum Gasteiger partial charge on any atom is 0.278 e. The number of aromatic nitrogens is 5. The molecule has 5 rings (SSSR count). The van der Waals surface area contributed by atoms with E-state index in [1.807, 2.05) is 13.8 Å². The van der Waals surface area contributed by atoms with Gasteiger partial charge in [0.25, 0.3) is 5.91 Å². The molecule has 0 atom stereocenters. The Bertz CT molecular complexity index is 1300. The summed E-state index contributed by atoms with van der Waals surface area (Å²) in [6.07, 6.45) is 3.28. The van der Waals surface area contributed by atoms with Gasteiger partial charge in [-0.25, -0.2) is 15.0 Å². The molecule has 3 aromatic heterocycles. The molecule has 1 saturated heterocycles. The van der Waals surface area contributed by atoms with Crippen molar-refractivity contribution < 1.29 is 14.4 Å². The van der Waals surface area contributed by atoms with Crippen molar-refractivity contribution in [2.75, 3.05) is 24.1 Å². The monoisotopic (exact) mass is 480 g/mol. The van der Waals surface area contributed by atoms with E-state index in [1.165, 1.54) is 11.3 Å². The van der Waals surface area contributed by atoms with Crippen molar-refractivity contribution >= 4 is 40.0 Å². The van der Waals surface area contributed by atoms with Crippen LogP contribution in [-0.4, -0.2) is 60.7 Å². The highest BCUT2D eigenvalue weighted by molar-refractivity contribution is 7.14. The van der Waals surface area contributed by atoms with E-state index in [4.69, 9.17) is 5.73 Å². The van der Waals surface area contributed by atoms with Crippen molar-refractivity contribution in [3.8, 4) is 11.4 Å². The third kappa shape index (κ3) is 4.04. The lowest BCUT2D eigenvalue weighted by Gasteiger charge is -2.31. The van der Waals surface area contributed by atoms with Gasteiger partial charge in [-0.2, -0.15) is 5.10 Å². The van der Waals surface area contributed by atoms with Gasteiger partial charge in [-0.05, 0) is 17.4 Å². The summed E-state index contributed by atoms with van der Waals surface area (Å²) in [5.74, 6) is -0.117. The smallest absolute Gasteiger partial charge is 0.278 e. The molecule has 0 saturated carbocycles. The van der Waals surface area contributed by atoms with Crippen LogP contribution in [0.25, 0.3) is 11.4 Å². The molecule has 2 amide bonds. The van der Waals surface area contributed by atoms with Crippen molar-refractivity contribution in [2.24, 2.45) is 0 Å². The average Bonchev–Trinajstić information content (AvgIpc) is 3.42. The number of anilines is 2. The van der Waals surface area contributed by atoms with E-state index in [1.54, 1.807) is 16.5 Å². The highest BCUT2D eigenvalue weighted by Gasteiger charge is 2.38. The Morgan fingerprint density at radius 3 is 2.79 bits per heavy atom. The van der Waals surface area contributed by atoms with Crippen molar-refractivity contribution in [3.05, 3.63) is 34.1 Å². The first-order chi connectivity index (χ1) is 16.2. The second-order valence-electron chi connectivity index (χ2n) is 9.18. The van der Waals surface area contributed by atoms with Crippen LogP contribution in [0.5, 0.6) is 0 Å². The summed E-state index contributed by atoms with van der Waals surface area (Å²) in [4.78, 5) is 51.6. The molecule has 0 unspecified atom stereocenters. The summed E-state index contributed by atoms with van der Waals surface area (Å²) in [6.45, 7) is 4.98. The van der Waals surface area contributed by atoms with Gasteiger partial charge in [-0.1, -0.05) is 13.8 Å². The number of piperidine rings is 1. The number of nitrogens with zero attached hydrogens (tertiary/aromatic N) is 5. The number of rotatable bonds is 4. The number of hydrogen-bond donors (Lipinski definition) is 3. The molecule has 11 nitrogen and oxygen atoms in total. The van der Waals surface area contributed by atoms with Crippen LogP contribution in [0.4, 0.5) is 11.1 Å². The number of thiazole rings is 1. The van der Waals surface area contributed by atoms with E-state index >= 15 is 0 Å². The number of ketones is 1. The van der Waals surface area contributed by atoms with Crippen molar-refractivity contribution in [3.63, 3.8) is 0 Å². The van der Waals surface area contributed by atoms with Crippen LogP contribution in [-0.2, 0) is 27.8 Å². The fourth-order valence-corrected chi connectivity index (χ4v) is 5.25.